The van der Waals surface area contributed by atoms with Crippen molar-refractivity contribution in [3.05, 3.63) is 47.7 Å². The van der Waals surface area contributed by atoms with Crippen LogP contribution in [0.3, 0.4) is 0 Å². The van der Waals surface area contributed by atoms with E-state index in [1.54, 1.807) is 12.1 Å². The first-order valence-corrected chi connectivity index (χ1v) is 12.8. The molecule has 10 nitrogen and oxygen atoms in total. The molecule has 1 aliphatic carbocycles. The highest BCUT2D eigenvalue weighted by molar-refractivity contribution is 6.27. The van der Waals surface area contributed by atoms with Crippen LogP contribution in [0, 0.1) is 11.8 Å². The van der Waals surface area contributed by atoms with E-state index in [-0.39, 0.29) is 29.0 Å². The van der Waals surface area contributed by atoms with Crippen LogP contribution >= 0.6 is 11.6 Å². The van der Waals surface area contributed by atoms with Crippen LogP contribution in [0.4, 0.5) is 16.3 Å². The van der Waals surface area contributed by atoms with E-state index in [9.17, 15) is 24.6 Å². The zero-order chi connectivity index (χ0) is 26.1. The molecule has 1 saturated heterocycles. The second kappa shape index (κ2) is 10.3. The number of nitrogens with one attached hydrogen (secondary N) is 3. The molecule has 0 bridgehead atoms. The van der Waals surface area contributed by atoms with Crippen LogP contribution in [-0.4, -0.2) is 62.0 Å². The number of fused-ring (bicyclic) bond motifs is 2. The average Bonchev–Trinajstić information content (AvgIpc) is 3.29. The van der Waals surface area contributed by atoms with Gasteiger partial charge in [-0.3, -0.25) is 10.1 Å². The van der Waals surface area contributed by atoms with E-state index < -0.39 is 12.0 Å². The van der Waals surface area contributed by atoms with Crippen molar-refractivity contribution < 1.29 is 24.6 Å². The van der Waals surface area contributed by atoms with Crippen LogP contribution in [0.2, 0.25) is 0 Å². The summed E-state index contributed by atoms with van der Waals surface area (Å²) in [6.45, 7) is 1.21. The molecule has 0 radical (unpaired) electrons. The maximum Gasteiger partial charge on any atom is 0.337 e. The van der Waals surface area contributed by atoms with Crippen LogP contribution in [0.15, 0.2) is 36.5 Å². The van der Waals surface area contributed by atoms with Gasteiger partial charge in [-0.2, -0.15) is 0 Å². The van der Waals surface area contributed by atoms with Gasteiger partial charge in [0, 0.05) is 42.3 Å². The van der Waals surface area contributed by atoms with Crippen molar-refractivity contribution >= 4 is 52.0 Å². The van der Waals surface area contributed by atoms with Gasteiger partial charge in [-0.25, -0.2) is 14.6 Å². The van der Waals surface area contributed by atoms with E-state index in [1.807, 2.05) is 11.0 Å². The number of benzene rings is 1. The van der Waals surface area contributed by atoms with Gasteiger partial charge in [0.05, 0.1) is 5.56 Å². The molecule has 2 fully saturated rings. The number of nitrogens with zero attached hydrogens (tertiary/aromatic N) is 2. The van der Waals surface area contributed by atoms with Gasteiger partial charge in [0.15, 0.2) is 0 Å². The number of anilines is 2. The lowest BCUT2D eigenvalue weighted by atomic mass is 9.67. The Morgan fingerprint density at radius 1 is 1.11 bits per heavy atom. The molecule has 3 amide bonds. The number of urea groups is 1. The summed E-state index contributed by atoms with van der Waals surface area (Å²) in [5, 5.41) is 25.5. The SMILES string of the molecule is O=C(Nc1cc2cc(C(=O)O)cnc2[nH]1)Nc1cc(O)ccc1C1CN(C(=O)CCl)CC2CCCCC21. The average molecular weight is 526 g/mol. The number of carboxylic acid groups (broad SMARTS) is 1. The molecule has 2 aromatic heterocycles. The molecule has 3 aromatic rings. The van der Waals surface area contributed by atoms with Gasteiger partial charge in [0.1, 0.15) is 23.1 Å². The number of aromatic hydroxyl groups is 1. The minimum atomic E-state index is -1.09. The Bertz CT molecular complexity index is 1360. The van der Waals surface area contributed by atoms with Crippen molar-refractivity contribution in [1.82, 2.24) is 14.9 Å². The normalized spacial score (nSPS) is 21.3. The second-order valence-electron chi connectivity index (χ2n) is 9.75. The summed E-state index contributed by atoms with van der Waals surface area (Å²) in [4.78, 5) is 45.5. The first-order chi connectivity index (χ1) is 17.8. The van der Waals surface area contributed by atoms with Crippen LogP contribution in [0.5, 0.6) is 5.75 Å². The number of H-pyrrole nitrogens is 1. The standard InChI is InChI=1S/C26H28ClN5O5/c27-10-23(34)32-12-14-3-1-2-4-18(14)20(13-32)19-6-5-17(33)9-21(19)29-26(37)31-22-8-15-7-16(25(35)36)11-28-24(15)30-22/h5-9,11,14,18,20,33H,1-4,10,12-13H2,(H,28,30)(H,35,36)(H2,29,31,37). The number of rotatable bonds is 5. The molecule has 11 heteroatoms. The predicted molar refractivity (Wildman–Crippen MR) is 139 cm³/mol. The third-order valence-corrected chi connectivity index (χ3v) is 7.70. The van der Waals surface area contributed by atoms with Crippen LogP contribution in [-0.2, 0) is 4.79 Å². The number of carbonyl (C=O) groups is 3. The molecule has 1 saturated carbocycles. The Labute approximate surface area is 218 Å². The fourth-order valence-electron chi connectivity index (χ4n) is 5.79. The third-order valence-electron chi connectivity index (χ3n) is 7.47. The number of aromatic amines is 1. The third kappa shape index (κ3) is 5.20. The Morgan fingerprint density at radius 2 is 1.92 bits per heavy atom. The summed E-state index contributed by atoms with van der Waals surface area (Å²) in [5.41, 5.74) is 1.81. The zero-order valence-electron chi connectivity index (χ0n) is 20.0. The van der Waals surface area contributed by atoms with E-state index in [0.29, 0.717) is 47.5 Å². The zero-order valence-corrected chi connectivity index (χ0v) is 20.8. The van der Waals surface area contributed by atoms with E-state index in [0.717, 1.165) is 31.2 Å². The number of alkyl halides is 1. The molecule has 194 valence electrons. The number of phenolic OH excluding ortho intramolecular Hbond substituents is 1. The maximum absolute atomic E-state index is 13.0. The summed E-state index contributed by atoms with van der Waals surface area (Å²) in [7, 11) is 0. The fraction of sp³-hybridized carbons (Fsp3) is 0.385. The van der Waals surface area contributed by atoms with Gasteiger partial charge in [-0.15, -0.1) is 11.6 Å². The van der Waals surface area contributed by atoms with Crippen LogP contribution < -0.4 is 10.6 Å². The number of aromatic nitrogens is 2. The molecule has 37 heavy (non-hydrogen) atoms. The number of carboxylic acids is 1. The summed E-state index contributed by atoms with van der Waals surface area (Å²) in [6, 6.07) is 7.46. The molecular weight excluding hydrogens is 498 g/mol. The number of phenols is 1. The summed E-state index contributed by atoms with van der Waals surface area (Å²) >= 11 is 5.88. The number of amides is 3. The topological polar surface area (TPSA) is 148 Å². The van der Waals surface area contributed by atoms with Crippen molar-refractivity contribution in [1.29, 1.82) is 0 Å². The smallest absolute Gasteiger partial charge is 0.337 e. The second-order valence-corrected chi connectivity index (χ2v) is 10.0. The summed E-state index contributed by atoms with van der Waals surface area (Å²) in [5.74, 6) is -0.176. The molecule has 3 heterocycles. The number of halogens is 1. The highest BCUT2D eigenvalue weighted by atomic mass is 35.5. The molecule has 5 rings (SSSR count). The molecule has 1 aromatic carbocycles. The molecule has 2 aliphatic rings. The summed E-state index contributed by atoms with van der Waals surface area (Å²) in [6.07, 6.45) is 5.59. The molecule has 3 atom stereocenters. The van der Waals surface area contributed by atoms with Gasteiger partial charge in [-0.05, 0) is 48.4 Å². The first-order valence-electron chi connectivity index (χ1n) is 12.3. The highest BCUT2D eigenvalue weighted by Gasteiger charge is 2.41. The molecular formula is C26H28ClN5O5. The van der Waals surface area contributed by atoms with E-state index in [2.05, 4.69) is 20.6 Å². The number of aromatic carboxylic acids is 1. The Hall–Kier alpha value is -3.79. The Kier molecular flexibility index (Phi) is 6.92. The lowest BCUT2D eigenvalue weighted by molar-refractivity contribution is -0.132. The van der Waals surface area contributed by atoms with Gasteiger partial charge in [0.25, 0.3) is 0 Å². The number of piperidine rings is 1. The van der Waals surface area contributed by atoms with Crippen LogP contribution in [0.1, 0.15) is 47.5 Å². The highest BCUT2D eigenvalue weighted by Crippen LogP contribution is 2.46. The molecule has 3 unspecified atom stereocenters. The summed E-state index contributed by atoms with van der Waals surface area (Å²) < 4.78 is 0. The largest absolute Gasteiger partial charge is 0.508 e. The van der Waals surface area contributed by atoms with Gasteiger partial charge >= 0.3 is 12.0 Å². The van der Waals surface area contributed by atoms with E-state index >= 15 is 0 Å². The van der Waals surface area contributed by atoms with Crippen molar-refractivity contribution in [3.8, 4) is 5.75 Å². The number of hydrogen-bond acceptors (Lipinski definition) is 5. The minimum absolute atomic E-state index is 0.00571. The maximum atomic E-state index is 13.0. The number of carbonyl (C=O) groups excluding carboxylic acids is 2. The van der Waals surface area contributed by atoms with Crippen LogP contribution in [0.25, 0.3) is 11.0 Å². The van der Waals surface area contributed by atoms with Gasteiger partial charge in [-0.1, -0.05) is 18.9 Å². The number of likely N-dealkylation sites (tertiary alicyclic amines) is 1. The minimum Gasteiger partial charge on any atom is -0.508 e. The molecule has 0 spiro atoms. The van der Waals surface area contributed by atoms with Crippen molar-refractivity contribution in [2.75, 3.05) is 29.6 Å². The molecule has 5 N–H and O–H groups in total. The van der Waals surface area contributed by atoms with Gasteiger partial charge in [0.2, 0.25) is 5.91 Å². The monoisotopic (exact) mass is 525 g/mol. The Balaban J connectivity index is 1.39. The lowest BCUT2D eigenvalue weighted by Gasteiger charge is -2.46. The number of hydrogen-bond donors (Lipinski definition) is 5. The number of pyridine rings is 1. The van der Waals surface area contributed by atoms with Crippen molar-refractivity contribution in [2.45, 2.75) is 31.6 Å². The quantitative estimate of drug-likeness (QED) is 0.308. The predicted octanol–water partition coefficient (Wildman–Crippen LogP) is 4.58. The first kappa shape index (κ1) is 24.9. The van der Waals surface area contributed by atoms with Gasteiger partial charge < -0.3 is 25.4 Å². The molecule has 1 aliphatic heterocycles. The van der Waals surface area contributed by atoms with Crippen molar-refractivity contribution in [2.24, 2.45) is 11.8 Å². The Morgan fingerprint density at radius 3 is 2.70 bits per heavy atom. The van der Waals surface area contributed by atoms with E-state index in [4.69, 9.17) is 11.6 Å². The van der Waals surface area contributed by atoms with E-state index in [1.165, 1.54) is 18.3 Å². The fourth-order valence-corrected chi connectivity index (χ4v) is 5.96. The lowest BCUT2D eigenvalue weighted by Crippen LogP contribution is -2.49. The van der Waals surface area contributed by atoms with Crippen molar-refractivity contribution in [3.63, 3.8) is 0 Å².